The number of nitrogens with one attached hydrogen (secondary N) is 1. The molecule has 0 atom stereocenters. The molecule has 0 aliphatic heterocycles. The Kier molecular flexibility index (Phi) is 3.88. The first kappa shape index (κ1) is 13.3. The molecular weight excluding hydrogens is 244 g/mol. The number of rotatable bonds is 5. The summed E-state index contributed by atoms with van der Waals surface area (Å²) in [5.41, 5.74) is 2.15. The Morgan fingerprint density at radius 2 is 2.17 bits per heavy atom. The van der Waals surface area contributed by atoms with Gasteiger partial charge in [-0.15, -0.1) is 0 Å². The number of nitrogens with zero attached hydrogens (tertiary/aromatic N) is 1. The molecule has 1 N–H and O–H groups in total. The Morgan fingerprint density at radius 3 is 2.89 bits per heavy atom. The van der Waals surface area contributed by atoms with E-state index in [9.17, 15) is 0 Å². The molecule has 1 aromatic carbocycles. The predicted octanol–water partition coefficient (Wildman–Crippen LogP) is 3.83. The van der Waals surface area contributed by atoms with Crippen molar-refractivity contribution in [1.29, 1.82) is 0 Å². The van der Waals surface area contributed by atoms with Gasteiger partial charge in [-0.25, -0.2) is 4.98 Å². The van der Waals surface area contributed by atoms with E-state index >= 15 is 0 Å². The molecule has 0 bridgehead atoms. The van der Waals surface area contributed by atoms with Gasteiger partial charge in [0.1, 0.15) is 0 Å². The van der Waals surface area contributed by atoms with Crippen molar-refractivity contribution in [3.05, 3.63) is 23.8 Å². The van der Waals surface area contributed by atoms with E-state index in [1.165, 1.54) is 10.3 Å². The fourth-order valence-electron chi connectivity index (χ4n) is 1.84. The molecule has 0 radical (unpaired) electrons. The Bertz CT molecular complexity index is 534. The van der Waals surface area contributed by atoms with Crippen LogP contribution in [0.25, 0.3) is 10.2 Å². The minimum Gasteiger partial charge on any atom is -0.374 e. The van der Waals surface area contributed by atoms with Gasteiger partial charge in [0.05, 0.1) is 15.8 Å². The summed E-state index contributed by atoms with van der Waals surface area (Å²) in [6.45, 7) is 9.77. The number of ether oxygens (including phenoxy) is 1. The lowest BCUT2D eigenvalue weighted by molar-refractivity contribution is 0.000698. The van der Waals surface area contributed by atoms with Crippen molar-refractivity contribution in [2.75, 3.05) is 18.5 Å². The lowest BCUT2D eigenvalue weighted by Gasteiger charge is -2.24. The Hall–Kier alpha value is -1.13. The number of hydrogen-bond donors (Lipinski definition) is 1. The molecule has 0 saturated carbocycles. The second kappa shape index (κ2) is 5.24. The van der Waals surface area contributed by atoms with E-state index in [-0.39, 0.29) is 5.60 Å². The number of thiazole rings is 1. The Morgan fingerprint density at radius 1 is 1.39 bits per heavy atom. The molecule has 2 rings (SSSR count). The largest absolute Gasteiger partial charge is 0.374 e. The lowest BCUT2D eigenvalue weighted by Crippen LogP contribution is -2.33. The highest BCUT2D eigenvalue weighted by molar-refractivity contribution is 7.22. The summed E-state index contributed by atoms with van der Waals surface area (Å²) in [5, 5.41) is 4.32. The molecule has 0 amide bonds. The van der Waals surface area contributed by atoms with Crippen molar-refractivity contribution in [3.63, 3.8) is 0 Å². The standard InChI is InChI=1S/C14H20N2OS/c1-5-17-14(3,4)9-15-13-16-11-8-10(2)6-7-12(11)18-13/h6-8H,5,9H2,1-4H3,(H,15,16). The molecule has 0 fully saturated rings. The Balaban J connectivity index is 2.08. The van der Waals surface area contributed by atoms with Crippen molar-refractivity contribution in [2.24, 2.45) is 0 Å². The molecule has 1 heterocycles. The molecular formula is C14H20N2OS. The highest BCUT2D eigenvalue weighted by Gasteiger charge is 2.17. The molecule has 98 valence electrons. The van der Waals surface area contributed by atoms with Crippen molar-refractivity contribution >= 4 is 26.7 Å². The summed E-state index contributed by atoms with van der Waals surface area (Å²) < 4.78 is 6.88. The third kappa shape index (κ3) is 3.21. The first-order valence-electron chi connectivity index (χ1n) is 6.25. The lowest BCUT2D eigenvalue weighted by atomic mass is 10.1. The monoisotopic (exact) mass is 264 g/mol. The first-order chi connectivity index (χ1) is 8.50. The van der Waals surface area contributed by atoms with Crippen LogP contribution in [0.15, 0.2) is 18.2 Å². The molecule has 1 aromatic heterocycles. The zero-order chi connectivity index (χ0) is 13.2. The highest BCUT2D eigenvalue weighted by atomic mass is 32.1. The van der Waals surface area contributed by atoms with Crippen molar-refractivity contribution in [1.82, 2.24) is 4.98 Å². The van der Waals surface area contributed by atoms with E-state index in [1.54, 1.807) is 11.3 Å². The van der Waals surface area contributed by atoms with Gasteiger partial charge < -0.3 is 10.1 Å². The Labute approximate surface area is 112 Å². The smallest absolute Gasteiger partial charge is 0.183 e. The number of benzene rings is 1. The maximum atomic E-state index is 5.66. The van der Waals surface area contributed by atoms with Crippen molar-refractivity contribution in [3.8, 4) is 0 Å². The third-order valence-corrected chi connectivity index (χ3v) is 3.74. The molecule has 0 aliphatic rings. The first-order valence-corrected chi connectivity index (χ1v) is 7.07. The summed E-state index contributed by atoms with van der Waals surface area (Å²) >= 11 is 1.69. The molecule has 0 saturated heterocycles. The fraction of sp³-hybridized carbons (Fsp3) is 0.500. The summed E-state index contributed by atoms with van der Waals surface area (Å²) in [4.78, 5) is 4.59. The third-order valence-electron chi connectivity index (χ3n) is 2.74. The predicted molar refractivity (Wildman–Crippen MR) is 78.6 cm³/mol. The highest BCUT2D eigenvalue weighted by Crippen LogP contribution is 2.27. The minimum absolute atomic E-state index is 0.164. The van der Waals surface area contributed by atoms with Gasteiger partial charge in [0, 0.05) is 13.2 Å². The number of fused-ring (bicyclic) bond motifs is 1. The van der Waals surface area contributed by atoms with Gasteiger partial charge in [0.2, 0.25) is 0 Å². The molecule has 2 aromatic rings. The average molecular weight is 264 g/mol. The quantitative estimate of drug-likeness (QED) is 0.891. The van der Waals surface area contributed by atoms with Crippen molar-refractivity contribution in [2.45, 2.75) is 33.3 Å². The number of anilines is 1. The number of hydrogen-bond acceptors (Lipinski definition) is 4. The van der Waals surface area contributed by atoms with E-state index in [1.807, 2.05) is 6.92 Å². The van der Waals surface area contributed by atoms with E-state index in [4.69, 9.17) is 4.74 Å². The molecule has 18 heavy (non-hydrogen) atoms. The topological polar surface area (TPSA) is 34.1 Å². The molecule has 0 spiro atoms. The van der Waals surface area contributed by atoms with Gasteiger partial charge in [0.15, 0.2) is 5.13 Å². The van der Waals surface area contributed by atoms with E-state index in [0.717, 1.165) is 23.8 Å². The van der Waals surface area contributed by atoms with Gasteiger partial charge in [0.25, 0.3) is 0 Å². The van der Waals surface area contributed by atoms with E-state index in [2.05, 4.69) is 49.3 Å². The summed E-state index contributed by atoms with van der Waals surface area (Å²) in [6, 6.07) is 6.36. The maximum Gasteiger partial charge on any atom is 0.183 e. The van der Waals surface area contributed by atoms with Crippen LogP contribution in [0.1, 0.15) is 26.3 Å². The SMILES string of the molecule is CCOC(C)(C)CNc1nc2cc(C)ccc2s1. The second-order valence-electron chi connectivity index (χ2n) is 5.04. The van der Waals surface area contributed by atoms with Gasteiger partial charge >= 0.3 is 0 Å². The van der Waals surface area contributed by atoms with Gasteiger partial charge in [-0.2, -0.15) is 0 Å². The molecule has 0 unspecified atom stereocenters. The molecule has 3 nitrogen and oxygen atoms in total. The van der Waals surface area contributed by atoms with Crippen LogP contribution in [-0.4, -0.2) is 23.7 Å². The van der Waals surface area contributed by atoms with E-state index in [0.29, 0.717) is 0 Å². The van der Waals surface area contributed by atoms with E-state index < -0.39 is 0 Å². The van der Waals surface area contributed by atoms with Crippen LogP contribution in [0.4, 0.5) is 5.13 Å². The van der Waals surface area contributed by atoms with Crippen LogP contribution < -0.4 is 5.32 Å². The summed E-state index contributed by atoms with van der Waals surface area (Å²) in [7, 11) is 0. The van der Waals surface area contributed by atoms with Crippen LogP contribution in [-0.2, 0) is 4.74 Å². The number of aryl methyl sites for hydroxylation is 1. The second-order valence-corrected chi connectivity index (χ2v) is 6.07. The molecule has 4 heteroatoms. The van der Waals surface area contributed by atoms with Crippen LogP contribution in [0.5, 0.6) is 0 Å². The van der Waals surface area contributed by atoms with Gasteiger partial charge in [-0.3, -0.25) is 0 Å². The zero-order valence-corrected chi connectivity index (χ0v) is 12.2. The van der Waals surface area contributed by atoms with Crippen LogP contribution in [0.2, 0.25) is 0 Å². The summed E-state index contributed by atoms with van der Waals surface area (Å²) in [5.74, 6) is 0. The van der Waals surface area contributed by atoms with Gasteiger partial charge in [-0.1, -0.05) is 17.4 Å². The normalized spacial score (nSPS) is 12.0. The van der Waals surface area contributed by atoms with Crippen molar-refractivity contribution < 1.29 is 4.74 Å². The fourth-order valence-corrected chi connectivity index (χ4v) is 2.69. The summed E-state index contributed by atoms with van der Waals surface area (Å²) in [6.07, 6.45) is 0. The zero-order valence-electron chi connectivity index (χ0n) is 11.4. The van der Waals surface area contributed by atoms with Gasteiger partial charge in [-0.05, 0) is 45.4 Å². The molecule has 0 aliphatic carbocycles. The average Bonchev–Trinajstić information content (AvgIpc) is 2.68. The van der Waals surface area contributed by atoms with Crippen LogP contribution in [0.3, 0.4) is 0 Å². The van der Waals surface area contributed by atoms with Crippen LogP contribution >= 0.6 is 11.3 Å². The minimum atomic E-state index is -0.164. The number of aromatic nitrogens is 1. The maximum absolute atomic E-state index is 5.66. The van der Waals surface area contributed by atoms with Crippen LogP contribution in [0, 0.1) is 6.92 Å².